The van der Waals surface area contributed by atoms with Crippen LogP contribution in [0.1, 0.15) is 34.6 Å². The number of benzene rings is 1. The highest BCUT2D eigenvalue weighted by atomic mass is 19.1. The SMILES string of the molecule is Cc1noc(C)c1Cc1nc(-c2cccc(C(O)CF)c2)no1. The Morgan fingerprint density at radius 2 is 2.04 bits per heavy atom. The van der Waals surface area contributed by atoms with Crippen molar-refractivity contribution in [1.82, 2.24) is 15.3 Å². The molecule has 6 nitrogen and oxygen atoms in total. The summed E-state index contributed by atoms with van der Waals surface area (Å²) in [6, 6.07) is 6.79. The molecular weight excluding hydrogens is 301 g/mol. The molecule has 0 aliphatic heterocycles. The van der Waals surface area contributed by atoms with Gasteiger partial charge in [0.05, 0.1) is 12.1 Å². The van der Waals surface area contributed by atoms with E-state index in [2.05, 4.69) is 15.3 Å². The molecule has 120 valence electrons. The van der Waals surface area contributed by atoms with Crippen LogP contribution in [-0.2, 0) is 6.42 Å². The Labute approximate surface area is 131 Å². The standard InChI is InChI=1S/C16H16FN3O3/c1-9-13(10(2)22-19-9)7-15-18-16(20-23-15)12-5-3-4-11(6-12)14(21)8-17/h3-6,14,21H,7-8H2,1-2H3. The lowest BCUT2D eigenvalue weighted by Gasteiger charge is -2.06. The first kappa shape index (κ1) is 15.4. The molecule has 0 saturated carbocycles. The van der Waals surface area contributed by atoms with Crippen LogP contribution in [0.2, 0.25) is 0 Å². The Bertz CT molecular complexity index is 793. The number of hydrogen-bond donors (Lipinski definition) is 1. The third-order valence-corrected chi connectivity index (χ3v) is 3.65. The van der Waals surface area contributed by atoms with E-state index >= 15 is 0 Å². The second-order valence-corrected chi connectivity index (χ2v) is 5.29. The summed E-state index contributed by atoms with van der Waals surface area (Å²) in [6.07, 6.45) is -0.718. The van der Waals surface area contributed by atoms with Crippen molar-refractivity contribution in [3.63, 3.8) is 0 Å². The van der Waals surface area contributed by atoms with Crippen LogP contribution in [0.3, 0.4) is 0 Å². The van der Waals surface area contributed by atoms with Crippen LogP contribution in [0.25, 0.3) is 11.4 Å². The van der Waals surface area contributed by atoms with Crippen molar-refractivity contribution in [3.8, 4) is 11.4 Å². The quantitative estimate of drug-likeness (QED) is 0.778. The highest BCUT2D eigenvalue weighted by Gasteiger charge is 2.16. The number of aliphatic hydroxyl groups is 1. The molecule has 0 aliphatic rings. The van der Waals surface area contributed by atoms with Crippen molar-refractivity contribution in [2.24, 2.45) is 0 Å². The maximum Gasteiger partial charge on any atom is 0.231 e. The lowest BCUT2D eigenvalue weighted by atomic mass is 10.1. The number of halogens is 1. The molecule has 0 bridgehead atoms. The minimum Gasteiger partial charge on any atom is -0.386 e. The summed E-state index contributed by atoms with van der Waals surface area (Å²) in [4.78, 5) is 4.34. The minimum absolute atomic E-state index is 0.389. The van der Waals surface area contributed by atoms with Crippen LogP contribution in [0.5, 0.6) is 0 Å². The van der Waals surface area contributed by atoms with Crippen LogP contribution in [0.15, 0.2) is 33.3 Å². The van der Waals surface area contributed by atoms with Crippen LogP contribution in [0, 0.1) is 13.8 Å². The van der Waals surface area contributed by atoms with Crippen LogP contribution < -0.4 is 0 Å². The summed E-state index contributed by atoms with van der Waals surface area (Å²) in [6.45, 7) is 2.84. The smallest absolute Gasteiger partial charge is 0.231 e. The van der Waals surface area contributed by atoms with Gasteiger partial charge in [0.25, 0.3) is 0 Å². The minimum atomic E-state index is -1.15. The highest BCUT2D eigenvalue weighted by Crippen LogP contribution is 2.23. The van der Waals surface area contributed by atoms with E-state index in [9.17, 15) is 9.50 Å². The van der Waals surface area contributed by atoms with Gasteiger partial charge >= 0.3 is 0 Å². The average molecular weight is 317 g/mol. The maximum absolute atomic E-state index is 12.6. The number of rotatable bonds is 5. The molecule has 7 heteroatoms. The van der Waals surface area contributed by atoms with Gasteiger partial charge in [0.2, 0.25) is 11.7 Å². The predicted octanol–water partition coefficient (Wildman–Crippen LogP) is 2.94. The topological polar surface area (TPSA) is 85.2 Å². The number of aliphatic hydroxyl groups excluding tert-OH is 1. The summed E-state index contributed by atoms with van der Waals surface area (Å²) in [7, 11) is 0. The zero-order valence-electron chi connectivity index (χ0n) is 12.8. The van der Waals surface area contributed by atoms with E-state index in [1.165, 1.54) is 0 Å². The average Bonchev–Trinajstić information content (AvgIpc) is 3.16. The highest BCUT2D eigenvalue weighted by molar-refractivity contribution is 5.55. The molecule has 23 heavy (non-hydrogen) atoms. The molecule has 2 heterocycles. The summed E-state index contributed by atoms with van der Waals surface area (Å²) >= 11 is 0. The molecule has 0 aliphatic carbocycles. The molecule has 3 aromatic rings. The molecule has 1 aromatic carbocycles. The normalized spacial score (nSPS) is 12.5. The Morgan fingerprint density at radius 3 is 2.74 bits per heavy atom. The fraction of sp³-hybridized carbons (Fsp3) is 0.312. The molecule has 1 unspecified atom stereocenters. The number of aromatic nitrogens is 3. The fourth-order valence-electron chi connectivity index (χ4n) is 2.32. The van der Waals surface area contributed by atoms with Gasteiger partial charge in [0.15, 0.2) is 0 Å². The first-order valence-electron chi connectivity index (χ1n) is 7.17. The Kier molecular flexibility index (Phi) is 4.20. The first-order chi connectivity index (χ1) is 11.1. The molecule has 0 radical (unpaired) electrons. The van der Waals surface area contributed by atoms with Gasteiger partial charge in [-0.25, -0.2) is 4.39 Å². The van der Waals surface area contributed by atoms with Gasteiger partial charge in [-0.2, -0.15) is 4.98 Å². The number of alkyl halides is 1. The Balaban J connectivity index is 1.85. The van der Waals surface area contributed by atoms with Crippen LogP contribution in [-0.4, -0.2) is 27.1 Å². The monoisotopic (exact) mass is 317 g/mol. The number of aryl methyl sites for hydroxylation is 2. The second-order valence-electron chi connectivity index (χ2n) is 5.29. The zero-order chi connectivity index (χ0) is 16.4. The van der Waals surface area contributed by atoms with Crippen molar-refractivity contribution >= 4 is 0 Å². The van der Waals surface area contributed by atoms with E-state index in [1.54, 1.807) is 24.3 Å². The first-order valence-corrected chi connectivity index (χ1v) is 7.17. The lowest BCUT2D eigenvalue weighted by Crippen LogP contribution is -1.99. The van der Waals surface area contributed by atoms with Crippen molar-refractivity contribution in [1.29, 1.82) is 0 Å². The Morgan fingerprint density at radius 1 is 1.22 bits per heavy atom. The third kappa shape index (κ3) is 3.14. The molecule has 3 rings (SSSR count). The second kappa shape index (κ2) is 6.29. The van der Waals surface area contributed by atoms with E-state index in [0.29, 0.717) is 29.3 Å². The summed E-state index contributed by atoms with van der Waals surface area (Å²) in [5, 5.41) is 17.4. The van der Waals surface area contributed by atoms with E-state index in [4.69, 9.17) is 9.05 Å². The molecule has 2 aromatic heterocycles. The lowest BCUT2D eigenvalue weighted by molar-refractivity contribution is 0.142. The van der Waals surface area contributed by atoms with Gasteiger partial charge in [0.1, 0.15) is 18.5 Å². The number of hydrogen-bond acceptors (Lipinski definition) is 6. The predicted molar refractivity (Wildman–Crippen MR) is 79.5 cm³/mol. The van der Waals surface area contributed by atoms with Crippen molar-refractivity contribution in [3.05, 3.63) is 52.7 Å². The molecule has 0 fully saturated rings. The van der Waals surface area contributed by atoms with E-state index < -0.39 is 12.8 Å². The van der Waals surface area contributed by atoms with Gasteiger partial charge in [-0.05, 0) is 25.5 Å². The van der Waals surface area contributed by atoms with Gasteiger partial charge < -0.3 is 14.2 Å². The Hall–Kier alpha value is -2.54. The summed E-state index contributed by atoms with van der Waals surface area (Å²) in [5.74, 6) is 1.54. The zero-order valence-corrected chi connectivity index (χ0v) is 12.8. The van der Waals surface area contributed by atoms with Gasteiger partial charge in [-0.15, -0.1) is 0 Å². The molecular formula is C16H16FN3O3. The van der Waals surface area contributed by atoms with Crippen LogP contribution >= 0.6 is 0 Å². The van der Waals surface area contributed by atoms with Crippen molar-refractivity contribution in [2.75, 3.05) is 6.67 Å². The van der Waals surface area contributed by atoms with E-state index in [-0.39, 0.29) is 0 Å². The van der Waals surface area contributed by atoms with E-state index in [1.807, 2.05) is 13.8 Å². The van der Waals surface area contributed by atoms with Gasteiger partial charge in [0, 0.05) is 11.1 Å². The largest absolute Gasteiger partial charge is 0.386 e. The van der Waals surface area contributed by atoms with Gasteiger partial charge in [-0.3, -0.25) is 0 Å². The molecule has 0 amide bonds. The molecule has 0 saturated heterocycles. The van der Waals surface area contributed by atoms with Gasteiger partial charge in [-0.1, -0.05) is 28.5 Å². The summed E-state index contributed by atoms with van der Waals surface area (Å²) < 4.78 is 23.0. The molecule has 1 atom stereocenters. The van der Waals surface area contributed by atoms with Crippen molar-refractivity contribution in [2.45, 2.75) is 26.4 Å². The summed E-state index contributed by atoms with van der Waals surface area (Å²) in [5.41, 5.74) is 2.84. The maximum atomic E-state index is 12.6. The fourth-order valence-corrected chi connectivity index (χ4v) is 2.32. The molecule has 0 spiro atoms. The third-order valence-electron chi connectivity index (χ3n) is 3.65. The van der Waals surface area contributed by atoms with Crippen molar-refractivity contribution < 1.29 is 18.5 Å². The number of nitrogens with zero attached hydrogens (tertiary/aromatic N) is 3. The van der Waals surface area contributed by atoms with Crippen LogP contribution in [0.4, 0.5) is 4.39 Å². The van der Waals surface area contributed by atoms with E-state index in [0.717, 1.165) is 17.0 Å². The molecule has 1 N–H and O–H groups in total.